The van der Waals surface area contributed by atoms with Crippen LogP contribution in [-0.4, -0.2) is 15.6 Å². The Hall–Kier alpha value is -3.02. The molecule has 1 heterocycles. The first-order valence-electron chi connectivity index (χ1n) is 7.32. The van der Waals surface area contributed by atoms with Crippen LogP contribution in [0.1, 0.15) is 11.3 Å². The van der Waals surface area contributed by atoms with Gasteiger partial charge >= 0.3 is 0 Å². The molecule has 0 amide bonds. The summed E-state index contributed by atoms with van der Waals surface area (Å²) in [7, 11) is 1.75. The van der Waals surface area contributed by atoms with Crippen molar-refractivity contribution >= 4 is 11.9 Å². The van der Waals surface area contributed by atoms with E-state index in [0.717, 1.165) is 12.1 Å². The lowest BCUT2D eigenvalue weighted by atomic mass is 10.2. The van der Waals surface area contributed by atoms with Crippen molar-refractivity contribution in [3.05, 3.63) is 81.8 Å². The minimum absolute atomic E-state index is 0.116. The minimum Gasteiger partial charge on any atom is -0.283 e. The van der Waals surface area contributed by atoms with Crippen LogP contribution in [0.4, 0.5) is 14.5 Å². The molecule has 0 aliphatic heterocycles. The fourth-order valence-electron chi connectivity index (χ4n) is 2.44. The molecule has 2 aromatic carbocycles. The second kappa shape index (κ2) is 6.23. The van der Waals surface area contributed by atoms with Crippen molar-refractivity contribution in [2.45, 2.75) is 6.92 Å². The number of halogens is 2. The summed E-state index contributed by atoms with van der Waals surface area (Å²) in [4.78, 5) is 16.8. The Balaban J connectivity index is 2.07. The largest absolute Gasteiger partial charge is 0.297 e. The molecule has 0 saturated heterocycles. The standard InChI is InChI=1S/C18H15F2N3O/c1-12-17(21-11-13-8-9-14(19)10-16(13)20)18(24)23(22(12)2)15-6-4-3-5-7-15/h3-11H,1-2H3. The molecule has 0 N–H and O–H groups in total. The van der Waals surface area contributed by atoms with Crippen molar-refractivity contribution in [1.29, 1.82) is 0 Å². The molecule has 0 atom stereocenters. The Bertz CT molecular complexity index is 972. The Morgan fingerprint density at radius 3 is 2.46 bits per heavy atom. The zero-order valence-corrected chi connectivity index (χ0v) is 13.2. The molecule has 0 radical (unpaired) electrons. The van der Waals surface area contributed by atoms with Crippen LogP contribution in [0.3, 0.4) is 0 Å². The number of para-hydroxylation sites is 1. The van der Waals surface area contributed by atoms with Gasteiger partial charge in [0.15, 0.2) is 5.69 Å². The maximum absolute atomic E-state index is 13.7. The van der Waals surface area contributed by atoms with E-state index in [1.165, 1.54) is 17.0 Å². The average Bonchev–Trinajstić information content (AvgIpc) is 2.78. The van der Waals surface area contributed by atoms with Gasteiger partial charge in [-0.3, -0.25) is 9.48 Å². The van der Waals surface area contributed by atoms with E-state index in [1.54, 1.807) is 18.7 Å². The van der Waals surface area contributed by atoms with Gasteiger partial charge in [-0.1, -0.05) is 18.2 Å². The molecule has 1 aromatic heterocycles. The van der Waals surface area contributed by atoms with E-state index in [1.807, 2.05) is 30.3 Å². The Kier molecular flexibility index (Phi) is 4.12. The molecule has 0 fully saturated rings. The van der Waals surface area contributed by atoms with Crippen molar-refractivity contribution in [2.75, 3.05) is 0 Å². The van der Waals surface area contributed by atoms with Gasteiger partial charge in [-0.05, 0) is 31.2 Å². The highest BCUT2D eigenvalue weighted by atomic mass is 19.1. The Morgan fingerprint density at radius 1 is 1.08 bits per heavy atom. The zero-order chi connectivity index (χ0) is 17.3. The normalized spacial score (nSPS) is 11.3. The maximum Gasteiger partial charge on any atom is 0.297 e. The van der Waals surface area contributed by atoms with E-state index < -0.39 is 11.6 Å². The van der Waals surface area contributed by atoms with Gasteiger partial charge < -0.3 is 0 Å². The molecule has 122 valence electrons. The predicted molar refractivity (Wildman–Crippen MR) is 89.4 cm³/mol. The summed E-state index contributed by atoms with van der Waals surface area (Å²) in [6, 6.07) is 12.4. The van der Waals surface area contributed by atoms with E-state index in [-0.39, 0.29) is 16.8 Å². The number of rotatable bonds is 3. The number of aliphatic imine (C=N–C) groups is 1. The molecule has 3 rings (SSSR count). The van der Waals surface area contributed by atoms with Gasteiger partial charge in [-0.15, -0.1) is 0 Å². The van der Waals surface area contributed by atoms with Gasteiger partial charge in [-0.25, -0.2) is 18.5 Å². The highest BCUT2D eigenvalue weighted by Gasteiger charge is 2.15. The first-order valence-corrected chi connectivity index (χ1v) is 7.32. The Labute approximate surface area is 137 Å². The summed E-state index contributed by atoms with van der Waals surface area (Å²) >= 11 is 0. The topological polar surface area (TPSA) is 39.3 Å². The van der Waals surface area contributed by atoms with Crippen molar-refractivity contribution in [3.63, 3.8) is 0 Å². The molecule has 0 saturated carbocycles. The summed E-state index contributed by atoms with van der Waals surface area (Å²) in [5.74, 6) is -1.39. The molecule has 0 bridgehead atoms. The summed E-state index contributed by atoms with van der Waals surface area (Å²) in [5.41, 5.74) is 1.38. The number of nitrogens with zero attached hydrogens (tertiary/aromatic N) is 3. The predicted octanol–water partition coefficient (Wildman–Crippen LogP) is 3.51. The molecule has 3 aromatic rings. The van der Waals surface area contributed by atoms with Crippen molar-refractivity contribution in [3.8, 4) is 5.69 Å². The monoisotopic (exact) mass is 327 g/mol. The summed E-state index contributed by atoms with van der Waals surface area (Å²) in [5, 5.41) is 0. The van der Waals surface area contributed by atoms with E-state index in [9.17, 15) is 13.6 Å². The van der Waals surface area contributed by atoms with E-state index in [0.29, 0.717) is 11.4 Å². The fourth-order valence-corrected chi connectivity index (χ4v) is 2.44. The van der Waals surface area contributed by atoms with Crippen molar-refractivity contribution < 1.29 is 8.78 Å². The number of aromatic nitrogens is 2. The third kappa shape index (κ3) is 2.78. The van der Waals surface area contributed by atoms with Gasteiger partial charge in [0.25, 0.3) is 5.56 Å². The van der Waals surface area contributed by atoms with E-state index in [4.69, 9.17) is 0 Å². The number of hydrogen-bond donors (Lipinski definition) is 0. The molecule has 4 nitrogen and oxygen atoms in total. The fraction of sp³-hybridized carbons (Fsp3) is 0.111. The second-order valence-corrected chi connectivity index (χ2v) is 5.33. The summed E-state index contributed by atoms with van der Waals surface area (Å²) in [6.45, 7) is 1.76. The van der Waals surface area contributed by atoms with Gasteiger partial charge in [0.2, 0.25) is 0 Å². The van der Waals surface area contributed by atoms with Crippen LogP contribution in [0, 0.1) is 18.6 Å². The first kappa shape index (κ1) is 15.9. The molecule has 6 heteroatoms. The molecule has 0 aliphatic carbocycles. The van der Waals surface area contributed by atoms with Crippen LogP contribution >= 0.6 is 0 Å². The zero-order valence-electron chi connectivity index (χ0n) is 13.2. The maximum atomic E-state index is 13.7. The van der Waals surface area contributed by atoms with Crippen molar-refractivity contribution in [2.24, 2.45) is 12.0 Å². The smallest absolute Gasteiger partial charge is 0.283 e. The van der Waals surface area contributed by atoms with Crippen LogP contribution < -0.4 is 5.56 Å². The summed E-state index contributed by atoms with van der Waals surface area (Å²) < 4.78 is 29.8. The third-order valence-electron chi connectivity index (χ3n) is 3.82. The highest BCUT2D eigenvalue weighted by molar-refractivity contribution is 5.82. The molecular weight excluding hydrogens is 312 g/mol. The van der Waals surface area contributed by atoms with Crippen LogP contribution in [0.5, 0.6) is 0 Å². The number of benzene rings is 2. The third-order valence-corrected chi connectivity index (χ3v) is 3.82. The van der Waals surface area contributed by atoms with Gasteiger partial charge in [0.05, 0.1) is 11.4 Å². The SMILES string of the molecule is Cc1c(N=Cc2ccc(F)cc2F)c(=O)n(-c2ccccc2)n1C. The van der Waals surface area contributed by atoms with Crippen LogP contribution in [-0.2, 0) is 7.05 Å². The molecular formula is C18H15F2N3O. The molecule has 0 unspecified atom stereocenters. The number of hydrogen-bond acceptors (Lipinski definition) is 2. The van der Waals surface area contributed by atoms with Gasteiger partial charge in [0, 0.05) is 24.9 Å². The Morgan fingerprint density at radius 2 is 1.79 bits per heavy atom. The quantitative estimate of drug-likeness (QED) is 0.679. The highest BCUT2D eigenvalue weighted by Crippen LogP contribution is 2.17. The van der Waals surface area contributed by atoms with Gasteiger partial charge in [0.1, 0.15) is 11.6 Å². The first-order chi connectivity index (χ1) is 11.5. The molecule has 0 spiro atoms. The molecule has 24 heavy (non-hydrogen) atoms. The minimum atomic E-state index is -0.726. The van der Waals surface area contributed by atoms with Crippen LogP contribution in [0.15, 0.2) is 58.3 Å². The van der Waals surface area contributed by atoms with E-state index in [2.05, 4.69) is 4.99 Å². The van der Waals surface area contributed by atoms with Crippen molar-refractivity contribution in [1.82, 2.24) is 9.36 Å². The van der Waals surface area contributed by atoms with Crippen LogP contribution in [0.2, 0.25) is 0 Å². The lowest BCUT2D eigenvalue weighted by Gasteiger charge is -2.07. The molecule has 0 aliphatic rings. The lowest BCUT2D eigenvalue weighted by Crippen LogP contribution is -2.19. The van der Waals surface area contributed by atoms with E-state index >= 15 is 0 Å². The lowest BCUT2D eigenvalue weighted by molar-refractivity contribution is 0.582. The second-order valence-electron chi connectivity index (χ2n) is 5.33. The summed E-state index contributed by atoms with van der Waals surface area (Å²) in [6.07, 6.45) is 1.23. The van der Waals surface area contributed by atoms with Gasteiger partial charge in [-0.2, -0.15) is 0 Å². The van der Waals surface area contributed by atoms with Crippen LogP contribution in [0.25, 0.3) is 5.69 Å². The average molecular weight is 327 g/mol.